The quantitative estimate of drug-likeness (QED) is 0.835. The summed E-state index contributed by atoms with van der Waals surface area (Å²) in [7, 11) is 3.28. The Balaban J connectivity index is 1.96. The van der Waals surface area contributed by atoms with Crippen LogP contribution in [0.4, 0.5) is 10.6 Å². The van der Waals surface area contributed by atoms with Gasteiger partial charge in [0.2, 0.25) is 5.91 Å². The van der Waals surface area contributed by atoms with Crippen molar-refractivity contribution in [3.05, 3.63) is 11.8 Å². The minimum absolute atomic E-state index is 0.0744. The number of hydrogen-bond acceptors (Lipinski definition) is 3. The summed E-state index contributed by atoms with van der Waals surface area (Å²) in [5, 5.41) is 9.83. The molecule has 1 unspecified atom stereocenters. The van der Waals surface area contributed by atoms with Gasteiger partial charge in [-0.25, -0.2) is 9.48 Å². The monoisotopic (exact) mass is 307 g/mol. The molecular weight excluding hydrogens is 282 g/mol. The first-order valence-electron chi connectivity index (χ1n) is 7.68. The third-order valence-electron chi connectivity index (χ3n) is 3.96. The van der Waals surface area contributed by atoms with Gasteiger partial charge in [0.05, 0.1) is 12.1 Å². The van der Waals surface area contributed by atoms with Gasteiger partial charge < -0.3 is 10.2 Å². The average Bonchev–Trinajstić information content (AvgIpc) is 3.25. The fourth-order valence-corrected chi connectivity index (χ4v) is 2.35. The van der Waals surface area contributed by atoms with Crippen LogP contribution in [-0.4, -0.2) is 47.3 Å². The molecule has 1 saturated carbocycles. The number of anilines is 1. The Morgan fingerprint density at radius 2 is 2.18 bits per heavy atom. The van der Waals surface area contributed by atoms with Crippen LogP contribution in [0, 0.1) is 18.8 Å². The highest BCUT2D eigenvalue weighted by Gasteiger charge is 2.25. The van der Waals surface area contributed by atoms with E-state index in [9.17, 15) is 9.59 Å². The van der Waals surface area contributed by atoms with E-state index >= 15 is 0 Å². The molecule has 1 heterocycles. The largest absolute Gasteiger partial charge is 0.359 e. The van der Waals surface area contributed by atoms with Crippen LogP contribution in [0.5, 0.6) is 0 Å². The van der Waals surface area contributed by atoms with Gasteiger partial charge in [-0.1, -0.05) is 6.92 Å². The lowest BCUT2D eigenvalue weighted by atomic mass is 10.1. The van der Waals surface area contributed by atoms with Crippen molar-refractivity contribution in [1.29, 1.82) is 0 Å². The molecule has 1 aromatic rings. The molecule has 2 rings (SSSR count). The highest BCUT2D eigenvalue weighted by Crippen LogP contribution is 2.31. The molecule has 1 aliphatic carbocycles. The summed E-state index contributed by atoms with van der Waals surface area (Å²) in [5.74, 6) is 1.10. The Bertz CT molecular complexity index is 550. The summed E-state index contributed by atoms with van der Waals surface area (Å²) < 4.78 is 1.86. The molecule has 0 saturated heterocycles. The number of hydrogen-bond donors (Lipinski definition) is 2. The van der Waals surface area contributed by atoms with Crippen LogP contribution in [0.15, 0.2) is 6.20 Å². The van der Waals surface area contributed by atoms with Crippen molar-refractivity contribution < 1.29 is 9.59 Å². The maximum Gasteiger partial charge on any atom is 0.322 e. The first-order chi connectivity index (χ1) is 10.4. The zero-order valence-electron chi connectivity index (χ0n) is 13.7. The number of carbonyl (C=O) groups excluding carboxylic acids is 2. The van der Waals surface area contributed by atoms with E-state index in [2.05, 4.69) is 15.7 Å². The summed E-state index contributed by atoms with van der Waals surface area (Å²) in [6.45, 7) is 4.94. The summed E-state index contributed by atoms with van der Waals surface area (Å²) in [6.07, 6.45) is 4.23. The molecule has 3 amide bonds. The van der Waals surface area contributed by atoms with Gasteiger partial charge in [0.15, 0.2) is 0 Å². The second-order valence-corrected chi connectivity index (χ2v) is 6.13. The maximum atomic E-state index is 12.3. The SMILES string of the molecule is CNC(=O)C(C)CN(C)C(=O)Nc1c(C)cnn1CC1CC1. The van der Waals surface area contributed by atoms with Gasteiger partial charge in [-0.15, -0.1) is 0 Å². The zero-order chi connectivity index (χ0) is 16.3. The third kappa shape index (κ3) is 3.99. The van der Waals surface area contributed by atoms with Gasteiger partial charge in [0, 0.05) is 32.7 Å². The number of urea groups is 1. The molecule has 0 radical (unpaired) electrons. The van der Waals surface area contributed by atoms with E-state index in [0.29, 0.717) is 12.5 Å². The molecule has 22 heavy (non-hydrogen) atoms. The van der Waals surface area contributed by atoms with Crippen LogP contribution in [-0.2, 0) is 11.3 Å². The van der Waals surface area contributed by atoms with Crippen molar-refractivity contribution in [3.63, 3.8) is 0 Å². The first kappa shape index (κ1) is 16.3. The lowest BCUT2D eigenvalue weighted by molar-refractivity contribution is -0.124. The van der Waals surface area contributed by atoms with Crippen LogP contribution in [0.3, 0.4) is 0 Å². The normalized spacial score (nSPS) is 15.3. The molecule has 7 heteroatoms. The van der Waals surface area contributed by atoms with Crippen molar-refractivity contribution in [2.45, 2.75) is 33.2 Å². The number of aryl methyl sites for hydroxylation is 1. The number of nitrogens with one attached hydrogen (secondary N) is 2. The molecule has 1 aliphatic rings. The van der Waals surface area contributed by atoms with Crippen molar-refractivity contribution >= 4 is 17.8 Å². The summed E-state index contributed by atoms with van der Waals surface area (Å²) in [4.78, 5) is 25.4. The lowest BCUT2D eigenvalue weighted by Gasteiger charge is -2.21. The van der Waals surface area contributed by atoms with Gasteiger partial charge >= 0.3 is 6.03 Å². The second kappa shape index (κ2) is 6.81. The van der Waals surface area contributed by atoms with Crippen LogP contribution in [0.2, 0.25) is 0 Å². The number of aromatic nitrogens is 2. The molecule has 1 fully saturated rings. The fraction of sp³-hybridized carbons (Fsp3) is 0.667. The molecule has 0 aliphatic heterocycles. The highest BCUT2D eigenvalue weighted by molar-refractivity contribution is 5.89. The van der Waals surface area contributed by atoms with Gasteiger partial charge in [-0.2, -0.15) is 5.10 Å². The summed E-state index contributed by atoms with van der Waals surface area (Å²) in [5.41, 5.74) is 0.946. The van der Waals surface area contributed by atoms with Crippen molar-refractivity contribution in [1.82, 2.24) is 20.0 Å². The first-order valence-corrected chi connectivity index (χ1v) is 7.68. The predicted molar refractivity (Wildman–Crippen MR) is 84.6 cm³/mol. The summed E-state index contributed by atoms with van der Waals surface area (Å²) >= 11 is 0. The van der Waals surface area contributed by atoms with Crippen LogP contribution < -0.4 is 10.6 Å². The molecule has 122 valence electrons. The standard InChI is InChI=1S/C15H25N5O2/c1-10-7-17-20(9-12-5-6-12)13(10)18-15(22)19(4)8-11(2)14(21)16-3/h7,11-12H,5-6,8-9H2,1-4H3,(H,16,21)(H,18,22). The van der Waals surface area contributed by atoms with Gasteiger partial charge in [-0.3, -0.25) is 10.1 Å². The van der Waals surface area contributed by atoms with Crippen LogP contribution in [0.25, 0.3) is 0 Å². The van der Waals surface area contributed by atoms with Gasteiger partial charge in [-0.05, 0) is 25.7 Å². The lowest BCUT2D eigenvalue weighted by Crippen LogP contribution is -2.39. The van der Waals surface area contributed by atoms with Crippen LogP contribution >= 0.6 is 0 Å². The van der Waals surface area contributed by atoms with E-state index in [-0.39, 0.29) is 17.9 Å². The fourth-order valence-electron chi connectivity index (χ4n) is 2.35. The number of nitrogens with zero attached hydrogens (tertiary/aromatic N) is 3. The molecule has 0 aromatic carbocycles. The zero-order valence-corrected chi connectivity index (χ0v) is 13.7. The molecule has 7 nitrogen and oxygen atoms in total. The van der Waals surface area contributed by atoms with E-state index in [0.717, 1.165) is 17.9 Å². The molecule has 1 atom stereocenters. The van der Waals surface area contributed by atoms with E-state index in [1.165, 1.54) is 17.7 Å². The highest BCUT2D eigenvalue weighted by atomic mass is 16.2. The molecule has 0 spiro atoms. The number of rotatable bonds is 6. The Labute approximate surface area is 131 Å². The number of amides is 3. The molecule has 2 N–H and O–H groups in total. The van der Waals surface area contributed by atoms with E-state index in [1.807, 2.05) is 11.6 Å². The molecular formula is C15H25N5O2. The van der Waals surface area contributed by atoms with E-state index in [4.69, 9.17) is 0 Å². The van der Waals surface area contributed by atoms with Crippen molar-refractivity contribution in [3.8, 4) is 0 Å². The number of carbonyl (C=O) groups is 2. The smallest absolute Gasteiger partial charge is 0.322 e. The predicted octanol–water partition coefficient (Wildman–Crippen LogP) is 1.45. The second-order valence-electron chi connectivity index (χ2n) is 6.13. The molecule has 1 aromatic heterocycles. The third-order valence-corrected chi connectivity index (χ3v) is 3.96. The van der Waals surface area contributed by atoms with Crippen molar-refractivity contribution in [2.75, 3.05) is 26.0 Å². The Kier molecular flexibility index (Phi) is 5.05. The Hall–Kier alpha value is -2.05. The van der Waals surface area contributed by atoms with Crippen LogP contribution in [0.1, 0.15) is 25.3 Å². The van der Waals surface area contributed by atoms with Gasteiger partial charge in [0.25, 0.3) is 0 Å². The van der Waals surface area contributed by atoms with Gasteiger partial charge in [0.1, 0.15) is 5.82 Å². The van der Waals surface area contributed by atoms with E-state index < -0.39 is 0 Å². The molecule has 0 bridgehead atoms. The summed E-state index contributed by atoms with van der Waals surface area (Å²) in [6, 6.07) is -0.226. The topological polar surface area (TPSA) is 79.3 Å². The average molecular weight is 307 g/mol. The van der Waals surface area contributed by atoms with Crippen molar-refractivity contribution in [2.24, 2.45) is 11.8 Å². The maximum absolute atomic E-state index is 12.3. The minimum Gasteiger partial charge on any atom is -0.359 e. The Morgan fingerprint density at radius 1 is 1.50 bits per heavy atom. The minimum atomic E-state index is -0.252. The Morgan fingerprint density at radius 3 is 2.77 bits per heavy atom. The van der Waals surface area contributed by atoms with E-state index in [1.54, 1.807) is 27.2 Å².